The van der Waals surface area contributed by atoms with Gasteiger partial charge in [-0.15, -0.1) is 24.2 Å². The molecule has 0 aliphatic carbocycles. The minimum atomic E-state index is 0. The van der Waals surface area contributed by atoms with Gasteiger partial charge < -0.3 is 10.6 Å². The molecule has 3 nitrogen and oxygen atoms in total. The van der Waals surface area contributed by atoms with Gasteiger partial charge in [0.25, 0.3) is 0 Å². The van der Waals surface area contributed by atoms with Gasteiger partial charge in [-0.1, -0.05) is 20.8 Å². The molecule has 5 heteroatoms. The zero-order chi connectivity index (χ0) is 12.9. The number of amides is 1. The first-order valence-electron chi connectivity index (χ1n) is 6.52. The van der Waals surface area contributed by atoms with Gasteiger partial charge >= 0.3 is 0 Å². The summed E-state index contributed by atoms with van der Waals surface area (Å²) in [6.07, 6.45) is 2.45. The van der Waals surface area contributed by atoms with Gasteiger partial charge in [0.05, 0.1) is 5.75 Å². The van der Waals surface area contributed by atoms with Crippen LogP contribution in [-0.2, 0) is 4.79 Å². The Hall–Kier alpha value is 0.0700. The molecule has 0 aromatic heterocycles. The largest absolute Gasteiger partial charge is 0.353 e. The summed E-state index contributed by atoms with van der Waals surface area (Å²) in [5.74, 6) is 1.32. The molecule has 0 saturated carbocycles. The minimum absolute atomic E-state index is 0. The number of hydrogen-bond donors (Lipinski definition) is 2. The van der Waals surface area contributed by atoms with E-state index in [1.807, 2.05) is 0 Å². The van der Waals surface area contributed by atoms with E-state index < -0.39 is 0 Å². The third kappa shape index (κ3) is 7.49. The van der Waals surface area contributed by atoms with E-state index in [2.05, 4.69) is 38.3 Å². The van der Waals surface area contributed by atoms with Crippen molar-refractivity contribution in [1.29, 1.82) is 0 Å². The standard InChI is InChI=1S/C13H26N2OS.ClH/c1-10(11-6-5-7-14-8-11)15-12(16)9-17-13(2,3)4;/h10-11,14H,5-9H2,1-4H3,(H,15,16);1H. The highest BCUT2D eigenvalue weighted by Crippen LogP contribution is 2.22. The predicted octanol–water partition coefficient (Wildman–Crippen LogP) is 2.44. The third-order valence-electron chi connectivity index (χ3n) is 3.07. The van der Waals surface area contributed by atoms with E-state index in [0.717, 1.165) is 13.1 Å². The molecule has 1 fully saturated rings. The third-order valence-corrected chi connectivity index (χ3v) is 4.34. The Balaban J connectivity index is 0.00000289. The van der Waals surface area contributed by atoms with Crippen LogP contribution in [0, 0.1) is 5.92 Å². The SMILES string of the molecule is CC(NC(=O)CSC(C)(C)C)C1CCCNC1.Cl. The number of carbonyl (C=O) groups excluding carboxylic acids is 1. The first-order valence-corrected chi connectivity index (χ1v) is 7.51. The van der Waals surface area contributed by atoms with E-state index in [9.17, 15) is 4.79 Å². The lowest BCUT2D eigenvalue weighted by Crippen LogP contribution is -2.45. The average Bonchev–Trinajstić information content (AvgIpc) is 2.27. The average molecular weight is 295 g/mol. The highest BCUT2D eigenvalue weighted by atomic mass is 35.5. The van der Waals surface area contributed by atoms with Gasteiger partial charge in [0.2, 0.25) is 5.91 Å². The summed E-state index contributed by atoms with van der Waals surface area (Å²) in [6, 6.07) is 0.288. The van der Waals surface area contributed by atoms with Gasteiger partial charge in [-0.25, -0.2) is 0 Å². The van der Waals surface area contributed by atoms with Crippen LogP contribution in [0.5, 0.6) is 0 Å². The number of rotatable bonds is 4. The summed E-state index contributed by atoms with van der Waals surface area (Å²) in [6.45, 7) is 10.7. The van der Waals surface area contributed by atoms with E-state index in [1.165, 1.54) is 12.8 Å². The van der Waals surface area contributed by atoms with Crippen LogP contribution in [0.1, 0.15) is 40.5 Å². The van der Waals surface area contributed by atoms with Gasteiger partial charge in [0, 0.05) is 10.8 Å². The lowest BCUT2D eigenvalue weighted by atomic mass is 9.93. The van der Waals surface area contributed by atoms with Crippen molar-refractivity contribution < 1.29 is 4.79 Å². The van der Waals surface area contributed by atoms with Crippen molar-refractivity contribution in [3.8, 4) is 0 Å². The molecule has 2 unspecified atom stereocenters. The normalized spacial score (nSPS) is 21.9. The summed E-state index contributed by atoms with van der Waals surface area (Å²) in [4.78, 5) is 11.8. The van der Waals surface area contributed by atoms with Crippen LogP contribution in [0.4, 0.5) is 0 Å². The van der Waals surface area contributed by atoms with E-state index >= 15 is 0 Å². The Bertz CT molecular complexity index is 250. The van der Waals surface area contributed by atoms with Crippen LogP contribution < -0.4 is 10.6 Å². The Morgan fingerprint density at radius 1 is 1.50 bits per heavy atom. The molecule has 2 N–H and O–H groups in total. The van der Waals surface area contributed by atoms with Crippen molar-refractivity contribution in [2.24, 2.45) is 5.92 Å². The van der Waals surface area contributed by atoms with Crippen molar-refractivity contribution in [3.63, 3.8) is 0 Å². The Morgan fingerprint density at radius 3 is 2.67 bits per heavy atom. The molecule has 108 valence electrons. The molecular weight excluding hydrogens is 268 g/mol. The fourth-order valence-corrected chi connectivity index (χ4v) is 2.65. The topological polar surface area (TPSA) is 41.1 Å². The zero-order valence-electron chi connectivity index (χ0n) is 11.9. The maximum absolute atomic E-state index is 11.8. The van der Waals surface area contributed by atoms with E-state index in [4.69, 9.17) is 0 Å². The summed E-state index contributed by atoms with van der Waals surface area (Å²) in [5.41, 5.74) is 0. The predicted molar refractivity (Wildman–Crippen MR) is 82.7 cm³/mol. The fraction of sp³-hybridized carbons (Fsp3) is 0.923. The summed E-state index contributed by atoms with van der Waals surface area (Å²) in [7, 11) is 0. The second kappa shape index (κ2) is 8.28. The maximum Gasteiger partial charge on any atom is 0.230 e. The zero-order valence-corrected chi connectivity index (χ0v) is 13.5. The van der Waals surface area contributed by atoms with Crippen LogP contribution in [-0.4, -0.2) is 35.5 Å². The molecule has 1 saturated heterocycles. The van der Waals surface area contributed by atoms with Gasteiger partial charge in [0.15, 0.2) is 0 Å². The maximum atomic E-state index is 11.8. The second-order valence-electron chi connectivity index (χ2n) is 5.86. The minimum Gasteiger partial charge on any atom is -0.353 e. The Labute approximate surface area is 122 Å². The number of halogens is 1. The van der Waals surface area contributed by atoms with E-state index in [0.29, 0.717) is 11.7 Å². The van der Waals surface area contributed by atoms with Crippen molar-refractivity contribution in [1.82, 2.24) is 10.6 Å². The Morgan fingerprint density at radius 2 is 2.17 bits per heavy atom. The molecule has 0 bridgehead atoms. The first-order chi connectivity index (χ1) is 7.88. The molecule has 1 rings (SSSR count). The molecule has 1 heterocycles. The van der Waals surface area contributed by atoms with Crippen LogP contribution >= 0.6 is 24.2 Å². The number of piperidine rings is 1. The van der Waals surface area contributed by atoms with Crippen LogP contribution in [0.2, 0.25) is 0 Å². The van der Waals surface area contributed by atoms with Gasteiger partial charge in [-0.3, -0.25) is 4.79 Å². The molecule has 18 heavy (non-hydrogen) atoms. The molecule has 0 aromatic rings. The molecule has 0 radical (unpaired) electrons. The monoisotopic (exact) mass is 294 g/mol. The fourth-order valence-electron chi connectivity index (χ4n) is 2.00. The number of carbonyl (C=O) groups is 1. The van der Waals surface area contributed by atoms with E-state index in [1.54, 1.807) is 11.8 Å². The highest BCUT2D eigenvalue weighted by molar-refractivity contribution is 8.01. The quantitative estimate of drug-likeness (QED) is 0.837. The molecule has 1 aliphatic rings. The second-order valence-corrected chi connectivity index (χ2v) is 7.67. The Kier molecular flexibility index (Phi) is 8.31. The molecule has 1 amide bonds. The van der Waals surface area contributed by atoms with E-state index in [-0.39, 0.29) is 29.1 Å². The molecule has 0 aromatic carbocycles. The number of hydrogen-bond acceptors (Lipinski definition) is 3. The molecule has 2 atom stereocenters. The van der Waals surface area contributed by atoms with Gasteiger partial charge in [-0.05, 0) is 38.8 Å². The van der Waals surface area contributed by atoms with Crippen LogP contribution in [0.3, 0.4) is 0 Å². The van der Waals surface area contributed by atoms with Crippen LogP contribution in [0.25, 0.3) is 0 Å². The van der Waals surface area contributed by atoms with Crippen molar-refractivity contribution in [3.05, 3.63) is 0 Å². The van der Waals surface area contributed by atoms with Crippen LogP contribution in [0.15, 0.2) is 0 Å². The smallest absolute Gasteiger partial charge is 0.230 e. The summed E-state index contributed by atoms with van der Waals surface area (Å²) < 4.78 is 0.160. The summed E-state index contributed by atoms with van der Waals surface area (Å²) in [5, 5.41) is 6.51. The molecular formula is C13H27ClN2OS. The lowest BCUT2D eigenvalue weighted by Gasteiger charge is -2.29. The van der Waals surface area contributed by atoms with Crippen molar-refractivity contribution in [2.75, 3.05) is 18.8 Å². The van der Waals surface area contributed by atoms with Gasteiger partial charge in [-0.2, -0.15) is 0 Å². The lowest BCUT2D eigenvalue weighted by molar-refractivity contribution is -0.119. The van der Waals surface area contributed by atoms with Crippen molar-refractivity contribution >= 4 is 30.1 Å². The van der Waals surface area contributed by atoms with Gasteiger partial charge in [0.1, 0.15) is 0 Å². The molecule has 1 aliphatic heterocycles. The van der Waals surface area contributed by atoms with Crippen molar-refractivity contribution in [2.45, 2.75) is 51.3 Å². The molecule has 0 spiro atoms. The number of thioether (sulfide) groups is 1. The number of nitrogens with one attached hydrogen (secondary N) is 2. The highest BCUT2D eigenvalue weighted by Gasteiger charge is 2.21. The summed E-state index contributed by atoms with van der Waals surface area (Å²) >= 11 is 1.70. The first kappa shape index (κ1) is 18.1.